The van der Waals surface area contributed by atoms with Gasteiger partial charge in [0.1, 0.15) is 0 Å². The van der Waals surface area contributed by atoms with Crippen LogP contribution in [0.15, 0.2) is 30.3 Å². The Morgan fingerprint density at radius 2 is 1.92 bits per heavy atom. The lowest BCUT2D eigenvalue weighted by Crippen LogP contribution is -2.44. The van der Waals surface area contributed by atoms with Crippen molar-refractivity contribution in [3.05, 3.63) is 41.5 Å². The highest BCUT2D eigenvalue weighted by Gasteiger charge is 2.32. The van der Waals surface area contributed by atoms with Crippen LogP contribution < -0.4 is 0 Å². The summed E-state index contributed by atoms with van der Waals surface area (Å²) < 4.78 is 27.0. The normalized spacial score (nSPS) is 18.2. The Labute approximate surface area is 156 Å². The molecule has 0 fully saturated rings. The van der Waals surface area contributed by atoms with Gasteiger partial charge in [0.2, 0.25) is 10.0 Å². The van der Waals surface area contributed by atoms with Gasteiger partial charge in [0, 0.05) is 12.6 Å². The predicted molar refractivity (Wildman–Crippen MR) is 104 cm³/mol. The molecule has 144 valence electrons. The van der Waals surface area contributed by atoms with Crippen molar-refractivity contribution < 1.29 is 18.3 Å². The molecule has 0 spiro atoms. The van der Waals surface area contributed by atoms with Gasteiger partial charge in [0.05, 0.1) is 11.7 Å². The maximum absolute atomic E-state index is 12.7. The first kappa shape index (κ1) is 20.6. The summed E-state index contributed by atoms with van der Waals surface area (Å²) in [6, 6.07) is 7.64. The summed E-state index contributed by atoms with van der Waals surface area (Å²) in [5.41, 5.74) is 3.08. The number of carbonyl (C=O) groups is 1. The van der Waals surface area contributed by atoms with Gasteiger partial charge in [-0.25, -0.2) is 8.42 Å². The third-order valence-electron chi connectivity index (χ3n) is 4.84. The van der Waals surface area contributed by atoms with Crippen LogP contribution in [0.3, 0.4) is 0 Å². The number of aliphatic carboxylic acids is 1. The van der Waals surface area contributed by atoms with Crippen LogP contribution in [-0.2, 0) is 21.2 Å². The molecule has 0 aromatic heterocycles. The van der Waals surface area contributed by atoms with Crippen molar-refractivity contribution in [1.82, 2.24) is 4.31 Å². The molecule has 0 radical (unpaired) electrons. The second-order valence-corrected chi connectivity index (χ2v) is 9.57. The Morgan fingerprint density at radius 3 is 2.38 bits per heavy atom. The van der Waals surface area contributed by atoms with Gasteiger partial charge in [-0.1, -0.05) is 37.3 Å². The van der Waals surface area contributed by atoms with Gasteiger partial charge >= 0.3 is 5.97 Å². The Hall–Kier alpha value is -1.66. The SMILES string of the molecule is CCCN(C1CC=C(c2ccc(CC(=O)O)cc2)CC1)S(=O)(=O)C(C)C. The zero-order valence-corrected chi connectivity index (χ0v) is 16.6. The summed E-state index contributed by atoms with van der Waals surface area (Å²) >= 11 is 0. The minimum atomic E-state index is -3.25. The third-order valence-corrected chi connectivity index (χ3v) is 7.16. The standard InChI is InChI=1S/C20H29NO4S/c1-4-13-21(26(24,25)15(2)3)19-11-9-18(10-12-19)17-7-5-16(6-8-17)14-20(22)23/h5-9,15,19H,4,10-14H2,1-3H3,(H,22,23). The third kappa shape index (κ3) is 4.95. The lowest BCUT2D eigenvalue weighted by molar-refractivity contribution is -0.136. The van der Waals surface area contributed by atoms with E-state index in [1.807, 2.05) is 31.2 Å². The van der Waals surface area contributed by atoms with E-state index < -0.39 is 21.2 Å². The van der Waals surface area contributed by atoms with Crippen LogP contribution in [0.5, 0.6) is 0 Å². The highest BCUT2D eigenvalue weighted by Crippen LogP contribution is 2.31. The van der Waals surface area contributed by atoms with Crippen molar-refractivity contribution in [2.24, 2.45) is 0 Å². The molecular formula is C20H29NO4S. The van der Waals surface area contributed by atoms with Crippen LogP contribution in [0.1, 0.15) is 57.6 Å². The maximum atomic E-state index is 12.7. The number of rotatable bonds is 8. The van der Waals surface area contributed by atoms with E-state index in [0.717, 1.165) is 36.8 Å². The molecule has 1 aromatic rings. The first-order valence-corrected chi connectivity index (χ1v) is 10.8. The molecule has 1 unspecified atom stereocenters. The highest BCUT2D eigenvalue weighted by atomic mass is 32.2. The molecule has 0 saturated heterocycles. The second-order valence-electron chi connectivity index (χ2n) is 7.13. The number of allylic oxidation sites excluding steroid dienone is 1. The fraction of sp³-hybridized carbons (Fsp3) is 0.550. The van der Waals surface area contributed by atoms with E-state index in [0.29, 0.717) is 6.54 Å². The van der Waals surface area contributed by atoms with Crippen molar-refractivity contribution in [2.45, 2.75) is 64.2 Å². The summed E-state index contributed by atoms with van der Waals surface area (Å²) in [5, 5.41) is 8.45. The molecule has 0 heterocycles. The quantitative estimate of drug-likeness (QED) is 0.747. The summed E-state index contributed by atoms with van der Waals surface area (Å²) in [4.78, 5) is 10.8. The molecule has 0 saturated carbocycles. The van der Waals surface area contributed by atoms with Crippen molar-refractivity contribution in [2.75, 3.05) is 6.54 Å². The van der Waals surface area contributed by atoms with Gasteiger partial charge in [0.15, 0.2) is 0 Å². The Balaban J connectivity index is 2.12. The van der Waals surface area contributed by atoms with E-state index in [-0.39, 0.29) is 12.5 Å². The van der Waals surface area contributed by atoms with Gasteiger partial charge < -0.3 is 5.11 Å². The smallest absolute Gasteiger partial charge is 0.307 e. The predicted octanol–water partition coefficient (Wildman–Crippen LogP) is 3.70. The molecule has 26 heavy (non-hydrogen) atoms. The Morgan fingerprint density at radius 1 is 1.27 bits per heavy atom. The van der Waals surface area contributed by atoms with E-state index in [1.54, 1.807) is 18.2 Å². The van der Waals surface area contributed by atoms with Crippen molar-refractivity contribution in [3.8, 4) is 0 Å². The van der Waals surface area contributed by atoms with E-state index in [4.69, 9.17) is 5.11 Å². The zero-order chi connectivity index (χ0) is 19.3. The molecule has 5 nitrogen and oxygen atoms in total. The minimum absolute atomic E-state index is 0.0254. The molecule has 0 bridgehead atoms. The first-order chi connectivity index (χ1) is 12.3. The summed E-state index contributed by atoms with van der Waals surface area (Å²) in [5.74, 6) is -0.833. The van der Waals surface area contributed by atoms with Crippen LogP contribution in [0.4, 0.5) is 0 Å². The fourth-order valence-electron chi connectivity index (χ4n) is 3.36. The molecule has 0 aliphatic heterocycles. The zero-order valence-electron chi connectivity index (χ0n) is 15.8. The van der Waals surface area contributed by atoms with Crippen molar-refractivity contribution in [1.29, 1.82) is 0 Å². The van der Waals surface area contributed by atoms with Crippen molar-refractivity contribution in [3.63, 3.8) is 0 Å². The van der Waals surface area contributed by atoms with E-state index >= 15 is 0 Å². The van der Waals surface area contributed by atoms with Gasteiger partial charge in [-0.05, 0) is 56.2 Å². The van der Waals surface area contributed by atoms with Crippen molar-refractivity contribution >= 4 is 21.6 Å². The van der Waals surface area contributed by atoms with Crippen LogP contribution in [0, 0.1) is 0 Å². The second kappa shape index (κ2) is 8.82. The first-order valence-electron chi connectivity index (χ1n) is 9.26. The number of hydrogen-bond donors (Lipinski definition) is 1. The molecule has 1 atom stereocenters. The lowest BCUT2D eigenvalue weighted by Gasteiger charge is -2.34. The fourth-order valence-corrected chi connectivity index (χ4v) is 4.95. The minimum Gasteiger partial charge on any atom is -0.481 e. The Kier molecular flexibility index (Phi) is 7.01. The van der Waals surface area contributed by atoms with Gasteiger partial charge in [-0.3, -0.25) is 4.79 Å². The Bertz CT molecular complexity index is 751. The summed E-state index contributed by atoms with van der Waals surface area (Å²) in [6.45, 7) is 6.05. The van der Waals surface area contributed by atoms with Crippen LogP contribution >= 0.6 is 0 Å². The molecule has 1 N–H and O–H groups in total. The van der Waals surface area contributed by atoms with E-state index in [1.165, 1.54) is 5.57 Å². The topological polar surface area (TPSA) is 74.7 Å². The van der Waals surface area contributed by atoms with Crippen LogP contribution in [0.2, 0.25) is 0 Å². The molecule has 2 rings (SSSR count). The van der Waals surface area contributed by atoms with Gasteiger partial charge in [0.25, 0.3) is 0 Å². The van der Waals surface area contributed by atoms with E-state index in [9.17, 15) is 13.2 Å². The largest absolute Gasteiger partial charge is 0.481 e. The monoisotopic (exact) mass is 379 g/mol. The average Bonchev–Trinajstić information content (AvgIpc) is 2.60. The number of carboxylic acid groups (broad SMARTS) is 1. The van der Waals surface area contributed by atoms with E-state index in [2.05, 4.69) is 6.08 Å². The molecule has 1 aromatic carbocycles. The number of sulfonamides is 1. The molecule has 1 aliphatic carbocycles. The molecule has 1 aliphatic rings. The molecular weight excluding hydrogens is 350 g/mol. The van der Waals surface area contributed by atoms with Crippen LogP contribution in [0.25, 0.3) is 5.57 Å². The number of benzene rings is 1. The highest BCUT2D eigenvalue weighted by molar-refractivity contribution is 7.89. The number of nitrogens with zero attached hydrogens (tertiary/aromatic N) is 1. The maximum Gasteiger partial charge on any atom is 0.307 e. The summed E-state index contributed by atoms with van der Waals surface area (Å²) in [7, 11) is -3.25. The van der Waals surface area contributed by atoms with Crippen LogP contribution in [-0.4, -0.2) is 41.6 Å². The van der Waals surface area contributed by atoms with Gasteiger partial charge in [-0.15, -0.1) is 0 Å². The summed E-state index contributed by atoms with van der Waals surface area (Å²) in [6.07, 6.45) is 5.34. The molecule has 0 amide bonds. The van der Waals surface area contributed by atoms with Gasteiger partial charge in [-0.2, -0.15) is 4.31 Å². The average molecular weight is 380 g/mol. The number of hydrogen-bond acceptors (Lipinski definition) is 3. The molecule has 6 heteroatoms. The number of carboxylic acids is 1. The lowest BCUT2D eigenvalue weighted by atomic mass is 9.90.